The summed E-state index contributed by atoms with van der Waals surface area (Å²) in [7, 11) is -1.65. The predicted molar refractivity (Wildman–Crippen MR) is 86.6 cm³/mol. The summed E-state index contributed by atoms with van der Waals surface area (Å²) in [6.45, 7) is 3.93. The topological polar surface area (TPSA) is 63.7 Å². The summed E-state index contributed by atoms with van der Waals surface area (Å²) in [4.78, 5) is 14.1. The largest absolute Gasteiger partial charge is 0.497 e. The maximum atomic E-state index is 12.6. The summed E-state index contributed by atoms with van der Waals surface area (Å²) in [5, 5.41) is 1.19. The molecule has 0 spiro atoms. The van der Waals surface area contributed by atoms with Gasteiger partial charge in [0, 0.05) is 17.5 Å². The molecule has 22 heavy (non-hydrogen) atoms. The van der Waals surface area contributed by atoms with Gasteiger partial charge in [-0.25, -0.2) is 8.42 Å². The molecule has 0 saturated carbocycles. The van der Waals surface area contributed by atoms with Crippen molar-refractivity contribution in [1.29, 1.82) is 0 Å². The van der Waals surface area contributed by atoms with Crippen LogP contribution in [0.25, 0.3) is 0 Å². The van der Waals surface area contributed by atoms with Crippen molar-refractivity contribution < 1.29 is 17.9 Å². The van der Waals surface area contributed by atoms with Gasteiger partial charge >= 0.3 is 0 Å². The fraction of sp³-hybridized carbons (Fsp3) is 0.438. The number of amides is 1. The number of hydrogen-bond donors (Lipinski definition) is 0. The molecular weight excluding hydrogens is 302 g/mol. The number of nitrogens with zero attached hydrogens (tertiary/aromatic N) is 1. The molecule has 1 aliphatic rings. The van der Waals surface area contributed by atoms with Crippen molar-refractivity contribution in [2.45, 2.75) is 26.3 Å². The molecule has 0 bridgehead atoms. The maximum absolute atomic E-state index is 12.6. The Labute approximate surface area is 131 Å². The third-order valence-electron chi connectivity index (χ3n) is 3.44. The fourth-order valence-corrected chi connectivity index (χ4v) is 3.70. The molecule has 0 aliphatic carbocycles. The molecule has 0 unspecified atom stereocenters. The summed E-state index contributed by atoms with van der Waals surface area (Å²) >= 11 is 0. The Morgan fingerprint density at radius 2 is 1.95 bits per heavy atom. The number of carbonyl (C=O) groups excluding carboxylic acids is 1. The minimum Gasteiger partial charge on any atom is -0.497 e. The highest BCUT2D eigenvalue weighted by Crippen LogP contribution is 2.26. The predicted octanol–water partition coefficient (Wildman–Crippen LogP) is 2.39. The lowest BCUT2D eigenvalue weighted by atomic mass is 10.1. The molecule has 1 aromatic rings. The molecular formula is C16H21NO4S. The van der Waals surface area contributed by atoms with Crippen LogP contribution in [0, 0.1) is 5.92 Å². The Morgan fingerprint density at radius 3 is 2.41 bits per heavy atom. The summed E-state index contributed by atoms with van der Waals surface area (Å²) in [6, 6.07) is 6.62. The van der Waals surface area contributed by atoms with Crippen LogP contribution in [0.3, 0.4) is 0 Å². The molecule has 0 saturated heterocycles. The summed E-state index contributed by atoms with van der Waals surface area (Å²) in [5.41, 5.74) is 0.679. The second-order valence-corrected chi connectivity index (χ2v) is 7.72. The molecule has 0 radical (unpaired) electrons. The van der Waals surface area contributed by atoms with Crippen molar-refractivity contribution in [3.8, 4) is 5.75 Å². The van der Waals surface area contributed by atoms with Crippen molar-refractivity contribution in [3.05, 3.63) is 35.7 Å². The van der Waals surface area contributed by atoms with Gasteiger partial charge in [0.15, 0.2) is 9.84 Å². The van der Waals surface area contributed by atoms with Gasteiger partial charge in [0.2, 0.25) is 5.91 Å². The van der Waals surface area contributed by atoms with Crippen LogP contribution in [-0.4, -0.2) is 33.2 Å². The van der Waals surface area contributed by atoms with Gasteiger partial charge in [-0.05, 0) is 36.3 Å². The summed E-state index contributed by atoms with van der Waals surface area (Å²) in [6.07, 6.45) is 1.95. The van der Waals surface area contributed by atoms with E-state index in [0.717, 1.165) is 0 Å². The number of methoxy groups -OCH3 is 1. The lowest BCUT2D eigenvalue weighted by Crippen LogP contribution is -2.41. The first-order valence-electron chi connectivity index (χ1n) is 7.19. The SMILES string of the molecule is COc1ccc(N(C(=O)CC(C)C)[C@H]2C=CS(=O)(=O)C2)cc1. The molecule has 120 valence electrons. The van der Waals surface area contributed by atoms with Gasteiger partial charge in [0.1, 0.15) is 5.75 Å². The summed E-state index contributed by atoms with van der Waals surface area (Å²) in [5.74, 6) is 0.750. The van der Waals surface area contributed by atoms with Crippen molar-refractivity contribution >= 4 is 21.4 Å². The number of sulfone groups is 1. The van der Waals surface area contributed by atoms with Gasteiger partial charge in [-0.3, -0.25) is 4.79 Å². The van der Waals surface area contributed by atoms with Crippen LogP contribution in [0.1, 0.15) is 20.3 Å². The molecule has 1 heterocycles. The molecule has 2 rings (SSSR count). The Bertz CT molecular complexity index is 662. The fourth-order valence-electron chi connectivity index (χ4n) is 2.43. The van der Waals surface area contributed by atoms with Crippen LogP contribution in [0.2, 0.25) is 0 Å². The second kappa shape index (κ2) is 6.52. The van der Waals surface area contributed by atoms with Crippen molar-refractivity contribution in [2.24, 2.45) is 5.92 Å². The maximum Gasteiger partial charge on any atom is 0.227 e. The standard InChI is InChI=1S/C16H21NO4S/c1-12(2)10-16(18)17(14-8-9-22(19,20)11-14)13-4-6-15(21-3)7-5-13/h4-9,12,14H,10-11H2,1-3H3/t14-/m0/s1. The van der Waals surface area contributed by atoms with E-state index in [9.17, 15) is 13.2 Å². The molecule has 0 aromatic heterocycles. The number of benzene rings is 1. The van der Waals surface area contributed by atoms with Crippen LogP contribution in [-0.2, 0) is 14.6 Å². The van der Waals surface area contributed by atoms with E-state index in [0.29, 0.717) is 17.9 Å². The first kappa shape index (κ1) is 16.5. The molecule has 1 amide bonds. The average molecular weight is 323 g/mol. The molecule has 0 fully saturated rings. The van der Waals surface area contributed by atoms with E-state index in [1.807, 2.05) is 13.8 Å². The minimum absolute atomic E-state index is 0.0666. The molecule has 1 aliphatic heterocycles. The minimum atomic E-state index is -3.22. The van der Waals surface area contributed by atoms with Crippen LogP contribution >= 0.6 is 0 Å². The summed E-state index contributed by atoms with van der Waals surface area (Å²) < 4.78 is 28.5. The number of anilines is 1. The van der Waals surface area contributed by atoms with E-state index in [2.05, 4.69) is 0 Å². The first-order chi connectivity index (χ1) is 10.3. The zero-order valence-electron chi connectivity index (χ0n) is 13.0. The van der Waals surface area contributed by atoms with Crippen LogP contribution in [0.15, 0.2) is 35.7 Å². The molecule has 0 N–H and O–H groups in total. The second-order valence-electron chi connectivity index (χ2n) is 5.79. The van der Waals surface area contributed by atoms with Crippen LogP contribution in [0.5, 0.6) is 5.75 Å². The quantitative estimate of drug-likeness (QED) is 0.834. The lowest BCUT2D eigenvalue weighted by molar-refractivity contribution is -0.119. The van der Waals surface area contributed by atoms with E-state index in [-0.39, 0.29) is 17.6 Å². The van der Waals surface area contributed by atoms with Crippen molar-refractivity contribution in [3.63, 3.8) is 0 Å². The molecule has 1 atom stereocenters. The monoisotopic (exact) mass is 323 g/mol. The Morgan fingerprint density at radius 1 is 1.32 bits per heavy atom. The van der Waals surface area contributed by atoms with Crippen molar-refractivity contribution in [1.82, 2.24) is 0 Å². The number of carbonyl (C=O) groups is 1. The van der Waals surface area contributed by atoms with Gasteiger partial charge in [-0.15, -0.1) is 0 Å². The third kappa shape index (κ3) is 3.88. The van der Waals surface area contributed by atoms with Gasteiger partial charge in [0.05, 0.1) is 18.9 Å². The average Bonchev–Trinajstić information content (AvgIpc) is 2.79. The highest BCUT2D eigenvalue weighted by atomic mass is 32.2. The highest BCUT2D eigenvalue weighted by molar-refractivity contribution is 7.94. The van der Waals surface area contributed by atoms with Gasteiger partial charge in [-0.1, -0.05) is 13.8 Å². The van der Waals surface area contributed by atoms with Crippen LogP contribution in [0.4, 0.5) is 5.69 Å². The third-order valence-corrected chi connectivity index (χ3v) is 4.82. The van der Waals surface area contributed by atoms with E-state index >= 15 is 0 Å². The Kier molecular flexibility index (Phi) is 4.90. The van der Waals surface area contributed by atoms with E-state index in [1.165, 1.54) is 5.41 Å². The van der Waals surface area contributed by atoms with E-state index in [1.54, 1.807) is 42.4 Å². The Balaban J connectivity index is 2.32. The van der Waals surface area contributed by atoms with Gasteiger partial charge in [0.25, 0.3) is 0 Å². The normalized spacial score (nSPS) is 19.4. The first-order valence-corrected chi connectivity index (χ1v) is 8.91. The van der Waals surface area contributed by atoms with Gasteiger partial charge in [-0.2, -0.15) is 0 Å². The number of rotatable bonds is 5. The Hall–Kier alpha value is -1.82. The molecule has 1 aromatic carbocycles. The van der Waals surface area contributed by atoms with E-state index in [4.69, 9.17) is 4.74 Å². The molecule has 6 heteroatoms. The zero-order valence-corrected chi connectivity index (χ0v) is 13.8. The molecule has 5 nitrogen and oxygen atoms in total. The van der Waals surface area contributed by atoms with Crippen molar-refractivity contribution in [2.75, 3.05) is 17.8 Å². The highest BCUT2D eigenvalue weighted by Gasteiger charge is 2.31. The number of ether oxygens (including phenoxy) is 1. The zero-order chi connectivity index (χ0) is 16.3. The number of hydrogen-bond acceptors (Lipinski definition) is 4. The van der Waals surface area contributed by atoms with Gasteiger partial charge < -0.3 is 9.64 Å². The lowest BCUT2D eigenvalue weighted by Gasteiger charge is -2.28. The van der Waals surface area contributed by atoms with E-state index < -0.39 is 15.9 Å². The smallest absolute Gasteiger partial charge is 0.227 e. The van der Waals surface area contributed by atoms with Crippen LogP contribution < -0.4 is 9.64 Å².